The molecule has 0 aromatic heterocycles. The maximum absolute atomic E-state index is 13.6. The molecule has 10 heteroatoms. The molecule has 0 saturated carbocycles. The van der Waals surface area contributed by atoms with Crippen LogP contribution in [0.3, 0.4) is 0 Å². The molecular weight excluding hydrogens is 381 g/mol. The number of morpholine rings is 1. The molecule has 1 heterocycles. The van der Waals surface area contributed by atoms with Crippen LogP contribution in [-0.2, 0) is 36.5 Å². The molecule has 0 bridgehead atoms. The fraction of sp³-hybridized carbons (Fsp3) is 0.444. The summed E-state index contributed by atoms with van der Waals surface area (Å²) in [4.78, 5) is 25.0. The molecule has 1 aliphatic rings. The van der Waals surface area contributed by atoms with E-state index < -0.39 is 23.7 Å². The first-order valence-corrected chi connectivity index (χ1v) is 8.39. The van der Waals surface area contributed by atoms with Crippen LogP contribution in [0.5, 0.6) is 0 Å². The molecule has 0 spiro atoms. The Bertz CT molecular complexity index is 743. The zero-order chi connectivity index (χ0) is 20.7. The standard InChI is InChI=1S/C18H21F3N2O5/c1-26-16(24)10-15(17(25)27-2)22-13-4-3-12(14(9-13)18(19,20)21)11-23-5-7-28-8-6-23/h3-4,9-10,22H,5-8,11H2,1-2H3/b15-10+. The Kier molecular flexibility index (Phi) is 7.41. The van der Waals surface area contributed by atoms with Gasteiger partial charge in [0, 0.05) is 25.3 Å². The lowest BCUT2D eigenvalue weighted by Gasteiger charge is -2.28. The van der Waals surface area contributed by atoms with Gasteiger partial charge in [0.25, 0.3) is 0 Å². The van der Waals surface area contributed by atoms with E-state index in [1.54, 1.807) is 0 Å². The fourth-order valence-corrected chi connectivity index (χ4v) is 2.64. The van der Waals surface area contributed by atoms with Crippen LogP contribution in [0, 0.1) is 0 Å². The fourth-order valence-electron chi connectivity index (χ4n) is 2.64. The van der Waals surface area contributed by atoms with Gasteiger partial charge in [-0.05, 0) is 17.7 Å². The summed E-state index contributed by atoms with van der Waals surface area (Å²) in [5.74, 6) is -1.77. The molecule has 0 aliphatic carbocycles. The van der Waals surface area contributed by atoms with Crippen molar-refractivity contribution in [2.75, 3.05) is 45.8 Å². The van der Waals surface area contributed by atoms with Gasteiger partial charge in [0.1, 0.15) is 5.70 Å². The van der Waals surface area contributed by atoms with E-state index in [1.807, 2.05) is 4.90 Å². The largest absolute Gasteiger partial charge is 0.466 e. The molecule has 1 saturated heterocycles. The average molecular weight is 402 g/mol. The van der Waals surface area contributed by atoms with E-state index in [-0.39, 0.29) is 23.5 Å². The molecule has 1 aromatic carbocycles. The van der Waals surface area contributed by atoms with Gasteiger partial charge in [-0.25, -0.2) is 9.59 Å². The SMILES string of the molecule is COC(=O)/C=C(/Nc1ccc(CN2CCOCC2)c(C(F)(F)F)c1)C(=O)OC. The number of nitrogens with zero attached hydrogens (tertiary/aromatic N) is 1. The average Bonchev–Trinajstić information content (AvgIpc) is 2.67. The Balaban J connectivity index is 2.31. The quantitative estimate of drug-likeness (QED) is 0.577. The number of hydrogen-bond acceptors (Lipinski definition) is 7. The number of benzene rings is 1. The summed E-state index contributed by atoms with van der Waals surface area (Å²) >= 11 is 0. The van der Waals surface area contributed by atoms with Crippen LogP contribution in [-0.4, -0.2) is 57.4 Å². The van der Waals surface area contributed by atoms with E-state index in [1.165, 1.54) is 12.1 Å². The third-order valence-corrected chi connectivity index (χ3v) is 4.06. The predicted octanol–water partition coefficient (Wildman–Crippen LogP) is 2.18. The van der Waals surface area contributed by atoms with Gasteiger partial charge in [-0.2, -0.15) is 13.2 Å². The monoisotopic (exact) mass is 402 g/mol. The van der Waals surface area contributed by atoms with E-state index >= 15 is 0 Å². The number of carbonyl (C=O) groups excluding carboxylic acids is 2. The molecule has 1 N–H and O–H groups in total. The Morgan fingerprint density at radius 1 is 1.21 bits per heavy atom. The van der Waals surface area contributed by atoms with Gasteiger partial charge in [0.2, 0.25) is 0 Å². The van der Waals surface area contributed by atoms with Gasteiger partial charge < -0.3 is 19.5 Å². The van der Waals surface area contributed by atoms with Gasteiger partial charge in [0.15, 0.2) is 0 Å². The number of esters is 2. The van der Waals surface area contributed by atoms with Gasteiger partial charge in [0.05, 0.1) is 39.1 Å². The van der Waals surface area contributed by atoms with Gasteiger partial charge in [-0.1, -0.05) is 6.07 Å². The van der Waals surface area contributed by atoms with Crippen molar-refractivity contribution in [3.05, 3.63) is 41.1 Å². The molecule has 1 aromatic rings. The van der Waals surface area contributed by atoms with Crippen LogP contribution >= 0.6 is 0 Å². The minimum atomic E-state index is -4.59. The number of methoxy groups -OCH3 is 2. The van der Waals surface area contributed by atoms with Crippen LogP contribution in [0.1, 0.15) is 11.1 Å². The van der Waals surface area contributed by atoms with Crippen LogP contribution in [0.4, 0.5) is 18.9 Å². The number of ether oxygens (including phenoxy) is 3. The second kappa shape index (κ2) is 9.56. The third kappa shape index (κ3) is 5.96. The van der Waals surface area contributed by atoms with Gasteiger partial charge in [-0.15, -0.1) is 0 Å². The highest BCUT2D eigenvalue weighted by atomic mass is 19.4. The summed E-state index contributed by atoms with van der Waals surface area (Å²) in [5, 5.41) is 2.49. The first-order chi connectivity index (χ1) is 13.2. The molecule has 1 aliphatic heterocycles. The smallest absolute Gasteiger partial charge is 0.416 e. The number of nitrogens with one attached hydrogen (secondary N) is 1. The first kappa shape index (κ1) is 21.7. The lowest BCUT2D eigenvalue weighted by atomic mass is 10.0. The van der Waals surface area contributed by atoms with Gasteiger partial charge >= 0.3 is 18.1 Å². The van der Waals surface area contributed by atoms with Crippen molar-refractivity contribution in [1.82, 2.24) is 4.90 Å². The summed E-state index contributed by atoms with van der Waals surface area (Å²) in [6, 6.07) is 3.64. The molecule has 0 atom stereocenters. The number of rotatable bonds is 6. The molecule has 28 heavy (non-hydrogen) atoms. The second-order valence-electron chi connectivity index (χ2n) is 5.96. The molecule has 0 unspecified atom stereocenters. The summed E-state index contributed by atoms with van der Waals surface area (Å²) in [6.07, 6.45) is -3.78. The molecule has 154 valence electrons. The van der Waals surface area contributed by atoms with Gasteiger partial charge in [-0.3, -0.25) is 4.90 Å². The minimum Gasteiger partial charge on any atom is -0.466 e. The maximum Gasteiger partial charge on any atom is 0.416 e. The highest BCUT2D eigenvalue weighted by molar-refractivity contribution is 5.98. The molecule has 0 radical (unpaired) electrons. The Morgan fingerprint density at radius 2 is 1.89 bits per heavy atom. The normalized spacial score (nSPS) is 15.8. The van der Waals surface area contributed by atoms with Crippen LogP contribution in [0.15, 0.2) is 30.0 Å². The highest BCUT2D eigenvalue weighted by Crippen LogP contribution is 2.35. The van der Waals surface area contributed by atoms with Crippen molar-refractivity contribution in [3.8, 4) is 0 Å². The van der Waals surface area contributed by atoms with Crippen LogP contribution in [0.25, 0.3) is 0 Å². The number of anilines is 1. The molecule has 1 fully saturated rings. The van der Waals surface area contributed by atoms with Crippen molar-refractivity contribution in [1.29, 1.82) is 0 Å². The van der Waals surface area contributed by atoms with Crippen molar-refractivity contribution in [3.63, 3.8) is 0 Å². The zero-order valence-electron chi connectivity index (χ0n) is 15.5. The van der Waals surface area contributed by atoms with Crippen molar-refractivity contribution in [2.24, 2.45) is 0 Å². The Labute approximate surface area is 160 Å². The number of alkyl halides is 3. The van der Waals surface area contributed by atoms with Crippen LogP contribution in [0.2, 0.25) is 0 Å². The molecule has 7 nitrogen and oxygen atoms in total. The van der Waals surface area contributed by atoms with E-state index in [9.17, 15) is 22.8 Å². The van der Waals surface area contributed by atoms with E-state index in [0.717, 1.165) is 26.4 Å². The highest BCUT2D eigenvalue weighted by Gasteiger charge is 2.34. The van der Waals surface area contributed by atoms with E-state index in [4.69, 9.17) is 4.74 Å². The minimum absolute atomic E-state index is 0.0152. The first-order valence-electron chi connectivity index (χ1n) is 8.39. The molecular formula is C18H21F3N2O5. The van der Waals surface area contributed by atoms with E-state index in [2.05, 4.69) is 14.8 Å². The predicted molar refractivity (Wildman–Crippen MR) is 93.3 cm³/mol. The molecule has 2 rings (SSSR count). The van der Waals surface area contributed by atoms with Crippen molar-refractivity contribution >= 4 is 17.6 Å². The van der Waals surface area contributed by atoms with Crippen LogP contribution < -0.4 is 5.32 Å². The lowest BCUT2D eigenvalue weighted by molar-refractivity contribution is -0.138. The zero-order valence-corrected chi connectivity index (χ0v) is 15.5. The molecule has 0 amide bonds. The summed E-state index contributed by atoms with van der Waals surface area (Å²) in [7, 11) is 2.19. The third-order valence-electron chi connectivity index (χ3n) is 4.06. The summed E-state index contributed by atoms with van der Waals surface area (Å²) in [6.45, 7) is 2.17. The number of carbonyl (C=O) groups is 2. The van der Waals surface area contributed by atoms with Crippen molar-refractivity contribution in [2.45, 2.75) is 12.7 Å². The summed E-state index contributed by atoms with van der Waals surface area (Å²) in [5.41, 5.74) is -1.08. The lowest BCUT2D eigenvalue weighted by Crippen LogP contribution is -2.36. The number of halogens is 3. The van der Waals surface area contributed by atoms with Crippen molar-refractivity contribution < 1.29 is 37.0 Å². The topological polar surface area (TPSA) is 77.1 Å². The Morgan fingerprint density at radius 3 is 2.46 bits per heavy atom. The Hall–Kier alpha value is -2.59. The summed E-state index contributed by atoms with van der Waals surface area (Å²) < 4.78 is 54.9. The maximum atomic E-state index is 13.6. The second-order valence-corrected chi connectivity index (χ2v) is 5.96. The van der Waals surface area contributed by atoms with E-state index in [0.29, 0.717) is 26.3 Å². The number of hydrogen-bond donors (Lipinski definition) is 1.